The number of halogens is 4. The van der Waals surface area contributed by atoms with E-state index in [2.05, 4.69) is 31.5 Å². The largest absolute Gasteiger partial charge is 0.359 e. The van der Waals surface area contributed by atoms with Gasteiger partial charge in [-0.25, -0.2) is 4.39 Å². The lowest BCUT2D eigenvalue weighted by Gasteiger charge is -2.18. The van der Waals surface area contributed by atoms with Crippen LogP contribution in [0, 0.1) is 5.82 Å². The Morgan fingerprint density at radius 1 is 1.09 bits per heavy atom. The third kappa shape index (κ3) is 3.46. The molecule has 0 saturated carbocycles. The van der Waals surface area contributed by atoms with Gasteiger partial charge in [0.2, 0.25) is 0 Å². The van der Waals surface area contributed by atoms with E-state index in [1.54, 1.807) is 30.5 Å². The van der Waals surface area contributed by atoms with Crippen molar-refractivity contribution < 1.29 is 14.0 Å². The van der Waals surface area contributed by atoms with E-state index in [0.29, 0.717) is 48.0 Å². The number of carbonyl (C=O) groups is 2. The predicted molar refractivity (Wildman–Crippen MR) is 126 cm³/mol. The zero-order valence-corrected chi connectivity index (χ0v) is 19.2. The third-order valence-electron chi connectivity index (χ3n) is 5.38. The molecule has 1 aliphatic rings. The fraction of sp³-hybridized carbons (Fsp3) is 0.0435. The molecule has 3 N–H and O–H groups in total. The summed E-state index contributed by atoms with van der Waals surface area (Å²) in [5, 5.41) is 7.26. The van der Waals surface area contributed by atoms with Crippen LogP contribution in [0.2, 0.25) is 10.0 Å². The van der Waals surface area contributed by atoms with Crippen molar-refractivity contribution in [3.05, 3.63) is 97.3 Å². The van der Waals surface area contributed by atoms with Crippen LogP contribution in [0.25, 0.3) is 10.9 Å². The maximum Gasteiger partial charge on any atom is 0.257 e. The Morgan fingerprint density at radius 2 is 1.91 bits per heavy atom. The second kappa shape index (κ2) is 7.92. The number of para-hydroxylation sites is 1. The molecule has 32 heavy (non-hydrogen) atoms. The lowest BCUT2D eigenvalue weighted by Crippen LogP contribution is -2.21. The molecule has 0 bridgehead atoms. The molecule has 2 heterocycles. The molecule has 5 rings (SSSR count). The maximum atomic E-state index is 14.0. The van der Waals surface area contributed by atoms with E-state index >= 15 is 0 Å². The molecule has 0 radical (unpaired) electrons. The van der Waals surface area contributed by atoms with Crippen molar-refractivity contribution in [1.82, 2.24) is 10.3 Å². The summed E-state index contributed by atoms with van der Waals surface area (Å²) in [5.41, 5.74) is 2.66. The number of nitrogens with one attached hydrogen (secondary N) is 3. The summed E-state index contributed by atoms with van der Waals surface area (Å²) in [4.78, 5) is 28.9. The first kappa shape index (κ1) is 21.0. The number of hydrogen-bond acceptors (Lipinski definition) is 2. The van der Waals surface area contributed by atoms with E-state index in [1.807, 2.05) is 6.07 Å². The number of aromatic amines is 1. The minimum Gasteiger partial charge on any atom is -0.359 e. The maximum absolute atomic E-state index is 14.0. The van der Waals surface area contributed by atoms with Crippen LogP contribution in [-0.2, 0) is 0 Å². The summed E-state index contributed by atoms with van der Waals surface area (Å²) in [5.74, 6) is -1.22. The van der Waals surface area contributed by atoms with Crippen LogP contribution in [0.15, 0.2) is 59.2 Å². The summed E-state index contributed by atoms with van der Waals surface area (Å²) in [6.45, 7) is 0. The van der Waals surface area contributed by atoms with Gasteiger partial charge in [-0.05, 0) is 36.4 Å². The molecule has 1 aromatic heterocycles. The van der Waals surface area contributed by atoms with E-state index in [-0.39, 0.29) is 5.91 Å². The molecule has 1 atom stereocenters. The fourth-order valence-electron chi connectivity index (χ4n) is 3.97. The number of anilines is 1. The molecule has 0 saturated heterocycles. The van der Waals surface area contributed by atoms with Crippen molar-refractivity contribution in [2.45, 2.75) is 6.04 Å². The summed E-state index contributed by atoms with van der Waals surface area (Å²) < 4.78 is 14.6. The average molecular weight is 533 g/mol. The molecule has 3 aromatic carbocycles. The Balaban J connectivity index is 1.61. The molecule has 160 valence electrons. The average Bonchev–Trinajstić information content (AvgIpc) is 3.30. The monoisotopic (exact) mass is 531 g/mol. The molecule has 5 nitrogen and oxygen atoms in total. The Hall–Kier alpha value is -2.87. The van der Waals surface area contributed by atoms with Gasteiger partial charge < -0.3 is 15.6 Å². The zero-order valence-electron chi connectivity index (χ0n) is 16.1. The van der Waals surface area contributed by atoms with Crippen LogP contribution in [0.3, 0.4) is 0 Å². The highest BCUT2D eigenvalue weighted by molar-refractivity contribution is 9.10. The van der Waals surface area contributed by atoms with Crippen LogP contribution in [0.4, 0.5) is 10.1 Å². The Bertz CT molecular complexity index is 1440. The van der Waals surface area contributed by atoms with Gasteiger partial charge in [0, 0.05) is 43.5 Å². The highest BCUT2D eigenvalue weighted by Gasteiger charge is 2.34. The van der Waals surface area contributed by atoms with Gasteiger partial charge in [0.05, 0.1) is 22.1 Å². The van der Waals surface area contributed by atoms with E-state index in [4.69, 9.17) is 23.2 Å². The lowest BCUT2D eigenvalue weighted by molar-refractivity contribution is 0.0959. The molecule has 9 heteroatoms. The van der Waals surface area contributed by atoms with Crippen LogP contribution in [-0.4, -0.2) is 16.8 Å². The smallest absolute Gasteiger partial charge is 0.257 e. The Kier molecular flexibility index (Phi) is 5.20. The second-order valence-corrected chi connectivity index (χ2v) is 9.04. The number of hydrogen-bond donors (Lipinski definition) is 3. The molecule has 2 amide bonds. The van der Waals surface area contributed by atoms with Crippen LogP contribution < -0.4 is 10.6 Å². The van der Waals surface area contributed by atoms with E-state index in [1.165, 1.54) is 18.2 Å². The minimum absolute atomic E-state index is 0.301. The number of carbonyl (C=O) groups excluding carboxylic acids is 2. The molecule has 0 fully saturated rings. The van der Waals surface area contributed by atoms with Gasteiger partial charge in [0.15, 0.2) is 0 Å². The van der Waals surface area contributed by atoms with E-state index in [9.17, 15) is 14.0 Å². The van der Waals surface area contributed by atoms with Gasteiger partial charge in [-0.1, -0.05) is 51.3 Å². The molecule has 0 spiro atoms. The predicted octanol–water partition coefficient (Wildman–Crippen LogP) is 6.46. The molecule has 0 aliphatic carbocycles. The van der Waals surface area contributed by atoms with Gasteiger partial charge in [0.25, 0.3) is 11.8 Å². The highest BCUT2D eigenvalue weighted by Crippen LogP contribution is 2.41. The van der Waals surface area contributed by atoms with Crippen molar-refractivity contribution in [3.63, 3.8) is 0 Å². The molecule has 1 unspecified atom stereocenters. The summed E-state index contributed by atoms with van der Waals surface area (Å²) >= 11 is 15.9. The van der Waals surface area contributed by atoms with Crippen LogP contribution in [0.5, 0.6) is 0 Å². The molecule has 4 aromatic rings. The lowest BCUT2D eigenvalue weighted by atomic mass is 9.96. The Morgan fingerprint density at radius 3 is 2.72 bits per heavy atom. The Labute approximate surface area is 200 Å². The van der Waals surface area contributed by atoms with Gasteiger partial charge in [0.1, 0.15) is 5.82 Å². The van der Waals surface area contributed by atoms with Crippen molar-refractivity contribution >= 4 is 67.5 Å². The van der Waals surface area contributed by atoms with Crippen LogP contribution >= 0.6 is 39.1 Å². The molecule has 1 aliphatic heterocycles. The van der Waals surface area contributed by atoms with Gasteiger partial charge in [-0.15, -0.1) is 0 Å². The first-order valence-corrected chi connectivity index (χ1v) is 11.0. The van der Waals surface area contributed by atoms with Crippen molar-refractivity contribution in [3.8, 4) is 0 Å². The standard InChI is InChI=1S/C23H13BrCl2FN3O2/c24-10-6-15-19(21(30-23(15)32)14-8-11(27)4-5-16(14)25)18(7-10)29-22(31)13-3-1-2-12-17(26)9-28-20(12)13/h1-9,21,28H,(H,29,31)(H,30,32). The van der Waals surface area contributed by atoms with Gasteiger partial charge in [-0.2, -0.15) is 0 Å². The second-order valence-electron chi connectivity index (χ2n) is 7.31. The fourth-order valence-corrected chi connectivity index (χ4v) is 4.87. The normalized spacial score (nSPS) is 15.0. The van der Waals surface area contributed by atoms with Crippen molar-refractivity contribution in [1.29, 1.82) is 0 Å². The molecular weight excluding hydrogens is 520 g/mol. The topological polar surface area (TPSA) is 74.0 Å². The third-order valence-corrected chi connectivity index (χ3v) is 6.50. The number of benzene rings is 3. The number of rotatable bonds is 3. The first-order chi connectivity index (χ1) is 15.3. The first-order valence-electron chi connectivity index (χ1n) is 9.49. The van der Waals surface area contributed by atoms with E-state index in [0.717, 1.165) is 5.39 Å². The molecular formula is C23H13BrCl2FN3O2. The summed E-state index contributed by atoms with van der Waals surface area (Å²) in [6, 6.07) is 11.8. The summed E-state index contributed by atoms with van der Waals surface area (Å²) in [6.07, 6.45) is 1.62. The number of H-pyrrole nitrogens is 1. The SMILES string of the molecule is O=C1NC(c2cc(F)ccc2Cl)c2c(NC(=O)c3cccc4c(Cl)c[nH]c34)cc(Br)cc21. The van der Waals surface area contributed by atoms with Crippen molar-refractivity contribution in [2.75, 3.05) is 5.32 Å². The number of fused-ring (bicyclic) bond motifs is 2. The van der Waals surface area contributed by atoms with Gasteiger partial charge in [-0.3, -0.25) is 9.59 Å². The zero-order chi connectivity index (χ0) is 22.6. The number of amides is 2. The summed E-state index contributed by atoms with van der Waals surface area (Å²) in [7, 11) is 0. The van der Waals surface area contributed by atoms with Crippen LogP contribution in [0.1, 0.15) is 37.9 Å². The van der Waals surface area contributed by atoms with Crippen molar-refractivity contribution in [2.24, 2.45) is 0 Å². The number of aromatic nitrogens is 1. The quantitative estimate of drug-likeness (QED) is 0.283. The van der Waals surface area contributed by atoms with Gasteiger partial charge >= 0.3 is 0 Å². The minimum atomic E-state index is -0.722. The van der Waals surface area contributed by atoms with E-state index < -0.39 is 17.8 Å². The highest BCUT2D eigenvalue weighted by atomic mass is 79.9.